The van der Waals surface area contributed by atoms with Gasteiger partial charge in [0.15, 0.2) is 0 Å². The number of carbonyl (C=O) groups excluding carboxylic acids is 2. The van der Waals surface area contributed by atoms with Crippen molar-refractivity contribution in [1.29, 1.82) is 0 Å². The Labute approximate surface area is 115 Å². The van der Waals surface area contributed by atoms with E-state index in [2.05, 4.69) is 5.32 Å². The van der Waals surface area contributed by atoms with Crippen LogP contribution in [0, 0.1) is 0 Å². The molecule has 1 atom stereocenters. The number of hydrogen-bond donors (Lipinski definition) is 2. The van der Waals surface area contributed by atoms with E-state index in [1.807, 2.05) is 0 Å². The van der Waals surface area contributed by atoms with Crippen LogP contribution in [-0.4, -0.2) is 39.7 Å². The second kappa shape index (κ2) is 5.64. The monoisotopic (exact) mass is 284 g/mol. The SMILES string of the molecule is CC(=O)NCCCCC1=C(C(=O)O)N2C(=O)C[C@H]2S1. The molecule has 7 heteroatoms. The van der Waals surface area contributed by atoms with Crippen molar-refractivity contribution in [2.45, 2.75) is 38.0 Å². The van der Waals surface area contributed by atoms with Crippen molar-refractivity contribution in [2.24, 2.45) is 0 Å². The lowest BCUT2D eigenvalue weighted by atomic mass is 10.1. The van der Waals surface area contributed by atoms with E-state index in [0.717, 1.165) is 17.7 Å². The van der Waals surface area contributed by atoms with Gasteiger partial charge in [0.1, 0.15) is 5.70 Å². The Morgan fingerprint density at radius 1 is 1.47 bits per heavy atom. The fraction of sp³-hybridized carbons (Fsp3) is 0.583. The highest BCUT2D eigenvalue weighted by atomic mass is 32.2. The predicted molar refractivity (Wildman–Crippen MR) is 70.0 cm³/mol. The molecule has 0 spiro atoms. The van der Waals surface area contributed by atoms with Gasteiger partial charge in [-0.05, 0) is 19.3 Å². The minimum absolute atomic E-state index is 0.0102. The number of unbranched alkanes of at least 4 members (excludes halogenated alkanes) is 1. The van der Waals surface area contributed by atoms with Crippen LogP contribution in [0.25, 0.3) is 0 Å². The first kappa shape index (κ1) is 13.9. The number of amides is 2. The van der Waals surface area contributed by atoms with Gasteiger partial charge in [-0.2, -0.15) is 0 Å². The molecule has 0 radical (unpaired) electrons. The molecular weight excluding hydrogens is 268 g/mol. The van der Waals surface area contributed by atoms with Crippen molar-refractivity contribution in [3.8, 4) is 0 Å². The molecule has 1 fully saturated rings. The summed E-state index contributed by atoms with van der Waals surface area (Å²) >= 11 is 1.48. The van der Waals surface area contributed by atoms with Crippen LogP contribution in [0.15, 0.2) is 10.6 Å². The first-order chi connectivity index (χ1) is 9.00. The van der Waals surface area contributed by atoms with Gasteiger partial charge in [-0.1, -0.05) is 0 Å². The number of carbonyl (C=O) groups is 3. The van der Waals surface area contributed by atoms with Crippen molar-refractivity contribution in [3.05, 3.63) is 10.6 Å². The average Bonchev–Trinajstić information content (AvgIpc) is 2.61. The average molecular weight is 284 g/mol. The molecule has 0 aromatic heterocycles. The maximum atomic E-state index is 11.4. The van der Waals surface area contributed by atoms with Gasteiger partial charge in [0, 0.05) is 18.4 Å². The highest BCUT2D eigenvalue weighted by molar-refractivity contribution is 8.04. The van der Waals surface area contributed by atoms with E-state index < -0.39 is 5.97 Å². The summed E-state index contributed by atoms with van der Waals surface area (Å²) in [5, 5.41) is 11.9. The zero-order chi connectivity index (χ0) is 14.0. The van der Waals surface area contributed by atoms with Gasteiger partial charge in [-0.3, -0.25) is 14.5 Å². The molecular formula is C12H16N2O4S. The quantitative estimate of drug-likeness (QED) is 0.559. The van der Waals surface area contributed by atoms with Gasteiger partial charge in [0.05, 0.1) is 11.8 Å². The molecule has 104 valence electrons. The van der Waals surface area contributed by atoms with E-state index in [1.165, 1.54) is 23.6 Å². The first-order valence-electron chi connectivity index (χ1n) is 6.20. The maximum absolute atomic E-state index is 11.4. The number of rotatable bonds is 6. The van der Waals surface area contributed by atoms with Crippen molar-refractivity contribution in [3.63, 3.8) is 0 Å². The minimum atomic E-state index is -1.03. The lowest BCUT2D eigenvalue weighted by Gasteiger charge is -2.33. The third-order valence-corrected chi connectivity index (χ3v) is 4.43. The summed E-state index contributed by atoms with van der Waals surface area (Å²) < 4.78 is 0. The summed E-state index contributed by atoms with van der Waals surface area (Å²) in [5.41, 5.74) is 0.158. The number of nitrogens with one attached hydrogen (secondary N) is 1. The molecule has 2 amide bonds. The van der Waals surface area contributed by atoms with Crippen molar-refractivity contribution in [1.82, 2.24) is 10.2 Å². The predicted octanol–water partition coefficient (Wildman–Crippen LogP) is 0.894. The Hall–Kier alpha value is -1.50. The highest BCUT2D eigenvalue weighted by Gasteiger charge is 2.47. The van der Waals surface area contributed by atoms with E-state index in [0.29, 0.717) is 19.4 Å². The summed E-state index contributed by atoms with van der Waals surface area (Å²) in [6.07, 6.45) is 2.67. The molecule has 2 heterocycles. The molecule has 0 bridgehead atoms. The number of fused-ring (bicyclic) bond motifs is 1. The number of carboxylic acid groups (broad SMARTS) is 1. The number of nitrogens with zero attached hydrogens (tertiary/aromatic N) is 1. The van der Waals surface area contributed by atoms with Crippen LogP contribution in [0.2, 0.25) is 0 Å². The molecule has 0 aliphatic carbocycles. The summed E-state index contributed by atoms with van der Waals surface area (Å²) in [6.45, 7) is 2.07. The van der Waals surface area contributed by atoms with E-state index in [4.69, 9.17) is 0 Å². The molecule has 2 aliphatic heterocycles. The van der Waals surface area contributed by atoms with Crippen LogP contribution >= 0.6 is 11.8 Å². The highest BCUT2D eigenvalue weighted by Crippen LogP contribution is 2.47. The lowest BCUT2D eigenvalue weighted by Crippen LogP contribution is -2.48. The van der Waals surface area contributed by atoms with Crippen LogP contribution in [0.1, 0.15) is 32.6 Å². The Morgan fingerprint density at radius 3 is 2.79 bits per heavy atom. The number of hydrogen-bond acceptors (Lipinski definition) is 4. The molecule has 0 aromatic carbocycles. The lowest BCUT2D eigenvalue weighted by molar-refractivity contribution is -0.145. The summed E-state index contributed by atoms with van der Waals surface area (Å²) in [4.78, 5) is 35.5. The Balaban J connectivity index is 1.87. The Morgan fingerprint density at radius 2 is 2.21 bits per heavy atom. The van der Waals surface area contributed by atoms with E-state index in [-0.39, 0.29) is 22.9 Å². The number of β-lactam (4-membered cyclic amide) rings is 1. The third-order valence-electron chi connectivity index (χ3n) is 3.10. The van der Waals surface area contributed by atoms with Crippen molar-refractivity contribution >= 4 is 29.5 Å². The van der Waals surface area contributed by atoms with Crippen LogP contribution in [0.3, 0.4) is 0 Å². The van der Waals surface area contributed by atoms with Crippen LogP contribution < -0.4 is 5.32 Å². The van der Waals surface area contributed by atoms with Crippen LogP contribution in [0.4, 0.5) is 0 Å². The van der Waals surface area contributed by atoms with Gasteiger partial charge in [0.25, 0.3) is 0 Å². The molecule has 19 heavy (non-hydrogen) atoms. The van der Waals surface area contributed by atoms with Crippen LogP contribution in [-0.2, 0) is 14.4 Å². The minimum Gasteiger partial charge on any atom is -0.477 e. The standard InChI is InChI=1S/C12H16N2O4S/c1-7(15)13-5-3-2-4-8-11(12(17)18)14-9(16)6-10(14)19-8/h10H,2-6H2,1H3,(H,13,15)(H,17,18)/t10-/m1/s1. The first-order valence-corrected chi connectivity index (χ1v) is 7.08. The second-order valence-electron chi connectivity index (χ2n) is 4.56. The van der Waals surface area contributed by atoms with Gasteiger partial charge < -0.3 is 10.4 Å². The fourth-order valence-electron chi connectivity index (χ4n) is 2.18. The van der Waals surface area contributed by atoms with Crippen molar-refractivity contribution < 1.29 is 19.5 Å². The molecule has 2 aliphatic rings. The molecule has 2 rings (SSSR count). The van der Waals surface area contributed by atoms with E-state index >= 15 is 0 Å². The smallest absolute Gasteiger partial charge is 0.353 e. The number of thioether (sulfide) groups is 1. The molecule has 0 saturated carbocycles. The zero-order valence-corrected chi connectivity index (χ0v) is 11.5. The Kier molecular flexibility index (Phi) is 4.14. The topological polar surface area (TPSA) is 86.7 Å². The van der Waals surface area contributed by atoms with Gasteiger partial charge in [0.2, 0.25) is 11.8 Å². The van der Waals surface area contributed by atoms with Gasteiger partial charge >= 0.3 is 5.97 Å². The molecule has 1 saturated heterocycles. The number of allylic oxidation sites excluding steroid dienone is 1. The van der Waals surface area contributed by atoms with E-state index in [9.17, 15) is 19.5 Å². The summed E-state index contributed by atoms with van der Waals surface area (Å²) in [5.74, 6) is -1.20. The second-order valence-corrected chi connectivity index (χ2v) is 5.83. The molecule has 6 nitrogen and oxygen atoms in total. The zero-order valence-electron chi connectivity index (χ0n) is 10.6. The van der Waals surface area contributed by atoms with Crippen LogP contribution in [0.5, 0.6) is 0 Å². The maximum Gasteiger partial charge on any atom is 0.353 e. The normalized spacial score (nSPS) is 21.2. The number of carboxylic acids is 1. The molecule has 0 aromatic rings. The molecule has 0 unspecified atom stereocenters. The van der Waals surface area contributed by atoms with Gasteiger partial charge in [-0.25, -0.2) is 4.79 Å². The van der Waals surface area contributed by atoms with Crippen molar-refractivity contribution in [2.75, 3.05) is 6.54 Å². The van der Waals surface area contributed by atoms with E-state index in [1.54, 1.807) is 0 Å². The fourth-order valence-corrected chi connectivity index (χ4v) is 3.62. The third kappa shape index (κ3) is 2.91. The van der Waals surface area contributed by atoms with Gasteiger partial charge in [-0.15, -0.1) is 11.8 Å². The summed E-state index contributed by atoms with van der Waals surface area (Å²) in [7, 11) is 0. The largest absolute Gasteiger partial charge is 0.477 e. The molecule has 2 N–H and O–H groups in total. The summed E-state index contributed by atoms with van der Waals surface area (Å²) in [6, 6.07) is 0. The Bertz CT molecular complexity index is 461. The number of aliphatic carboxylic acids is 1.